The summed E-state index contributed by atoms with van der Waals surface area (Å²) in [5.41, 5.74) is 6.43. The van der Waals surface area contributed by atoms with Crippen molar-refractivity contribution in [2.75, 3.05) is 0 Å². The van der Waals surface area contributed by atoms with Gasteiger partial charge < -0.3 is 10.2 Å². The van der Waals surface area contributed by atoms with Crippen LogP contribution in [-0.2, 0) is 5.41 Å². The van der Waals surface area contributed by atoms with Crippen molar-refractivity contribution in [2.45, 2.75) is 19.3 Å². The molecule has 2 heteroatoms. The maximum absolute atomic E-state index is 10.9. The number of hydrogen-bond donors (Lipinski definition) is 2. The van der Waals surface area contributed by atoms with E-state index in [1.54, 1.807) is 12.2 Å². The minimum atomic E-state index is -0.427. The minimum absolute atomic E-state index is 0.221. The molecule has 0 atom stereocenters. The number of rotatable bonds is 6. The van der Waals surface area contributed by atoms with Gasteiger partial charge in [0.05, 0.1) is 0 Å². The molecule has 0 aliphatic carbocycles. The molecule has 0 amide bonds. The van der Waals surface area contributed by atoms with Gasteiger partial charge in [-0.2, -0.15) is 0 Å². The van der Waals surface area contributed by atoms with E-state index in [-0.39, 0.29) is 11.5 Å². The van der Waals surface area contributed by atoms with Gasteiger partial charge in [0, 0.05) is 27.7 Å². The van der Waals surface area contributed by atoms with Gasteiger partial charge in [0.25, 0.3) is 0 Å². The van der Waals surface area contributed by atoms with E-state index < -0.39 is 5.41 Å². The highest BCUT2D eigenvalue weighted by Crippen LogP contribution is 2.43. The molecule has 0 aliphatic rings. The van der Waals surface area contributed by atoms with Gasteiger partial charge in [0.2, 0.25) is 0 Å². The second-order valence-electron chi connectivity index (χ2n) is 8.69. The van der Waals surface area contributed by atoms with Gasteiger partial charge in [-0.25, -0.2) is 0 Å². The van der Waals surface area contributed by atoms with E-state index >= 15 is 0 Å². The molecule has 2 nitrogen and oxygen atoms in total. The van der Waals surface area contributed by atoms with Crippen LogP contribution in [0.4, 0.5) is 0 Å². The molecule has 4 aromatic carbocycles. The summed E-state index contributed by atoms with van der Waals surface area (Å²) >= 11 is 0. The molecule has 0 spiro atoms. The topological polar surface area (TPSA) is 40.5 Å². The Hall–Kier alpha value is -4.04. The maximum Gasteiger partial charge on any atom is 0.130 e. The van der Waals surface area contributed by atoms with Crippen molar-refractivity contribution >= 4 is 12.2 Å². The quantitative estimate of drug-likeness (QED) is 0.324. The van der Waals surface area contributed by atoms with E-state index in [2.05, 4.69) is 27.0 Å². The van der Waals surface area contributed by atoms with Crippen LogP contribution < -0.4 is 0 Å². The second-order valence-corrected chi connectivity index (χ2v) is 8.69. The third kappa shape index (κ3) is 4.08. The molecule has 0 fully saturated rings. The maximum atomic E-state index is 10.9. The van der Waals surface area contributed by atoms with Gasteiger partial charge in [0.1, 0.15) is 11.5 Å². The van der Waals surface area contributed by atoms with E-state index in [1.807, 2.05) is 84.9 Å². The molecule has 4 rings (SSSR count). The van der Waals surface area contributed by atoms with Gasteiger partial charge in [-0.1, -0.05) is 99.8 Å². The van der Waals surface area contributed by atoms with Crippen LogP contribution in [0.5, 0.6) is 11.5 Å². The van der Waals surface area contributed by atoms with Crippen molar-refractivity contribution < 1.29 is 10.2 Å². The monoisotopic (exact) mass is 432 g/mol. The summed E-state index contributed by atoms with van der Waals surface area (Å²) in [6.45, 7) is 12.1. The molecule has 0 aromatic heterocycles. The average Bonchev–Trinajstić information content (AvgIpc) is 2.85. The van der Waals surface area contributed by atoms with E-state index in [4.69, 9.17) is 0 Å². The summed E-state index contributed by atoms with van der Waals surface area (Å²) in [5, 5.41) is 21.8. The smallest absolute Gasteiger partial charge is 0.130 e. The fraction of sp³-hybridized carbons (Fsp3) is 0.0968. The molecule has 164 valence electrons. The van der Waals surface area contributed by atoms with Crippen molar-refractivity contribution in [1.82, 2.24) is 0 Å². The predicted molar refractivity (Wildman–Crippen MR) is 139 cm³/mol. The molecule has 0 heterocycles. The van der Waals surface area contributed by atoms with Crippen LogP contribution in [0.15, 0.2) is 98.1 Å². The Labute approximate surface area is 195 Å². The van der Waals surface area contributed by atoms with E-state index in [0.29, 0.717) is 11.1 Å². The number of benzene rings is 4. The Balaban J connectivity index is 1.94. The lowest BCUT2D eigenvalue weighted by atomic mass is 9.75. The molecule has 0 aliphatic heterocycles. The van der Waals surface area contributed by atoms with Gasteiger partial charge in [-0.15, -0.1) is 0 Å². The summed E-state index contributed by atoms with van der Waals surface area (Å²) in [6.07, 6.45) is 3.37. The first kappa shape index (κ1) is 22.2. The second kappa shape index (κ2) is 8.84. The lowest BCUT2D eigenvalue weighted by Gasteiger charge is -2.29. The molecule has 0 radical (unpaired) electrons. The van der Waals surface area contributed by atoms with Gasteiger partial charge in [-0.05, 0) is 46.5 Å². The molecule has 2 N–H and O–H groups in total. The molecule has 33 heavy (non-hydrogen) atoms. The van der Waals surface area contributed by atoms with Crippen molar-refractivity contribution in [3.63, 3.8) is 0 Å². The normalized spacial score (nSPS) is 11.2. The Kier molecular flexibility index (Phi) is 5.93. The zero-order valence-corrected chi connectivity index (χ0v) is 19.0. The van der Waals surface area contributed by atoms with Crippen molar-refractivity contribution in [3.05, 3.63) is 120 Å². The van der Waals surface area contributed by atoms with E-state index in [9.17, 15) is 10.2 Å². The Bertz CT molecular complexity index is 1210. The molecule has 0 saturated heterocycles. The molecule has 0 unspecified atom stereocenters. The first-order valence-corrected chi connectivity index (χ1v) is 11.0. The third-order valence-corrected chi connectivity index (χ3v) is 6.33. The Morgan fingerprint density at radius 3 is 1.30 bits per heavy atom. The number of phenols is 2. The average molecular weight is 433 g/mol. The highest BCUT2D eigenvalue weighted by atomic mass is 16.3. The van der Waals surface area contributed by atoms with Gasteiger partial charge >= 0.3 is 0 Å². The van der Waals surface area contributed by atoms with Crippen LogP contribution in [0.3, 0.4) is 0 Å². The van der Waals surface area contributed by atoms with Crippen LogP contribution in [0.25, 0.3) is 34.4 Å². The Morgan fingerprint density at radius 2 is 0.970 bits per heavy atom. The van der Waals surface area contributed by atoms with Crippen LogP contribution in [-0.4, -0.2) is 10.2 Å². The number of phenolic OH excluding ortho intramolecular Hbond substituents is 2. The number of hydrogen-bond acceptors (Lipinski definition) is 2. The summed E-state index contributed by atoms with van der Waals surface area (Å²) in [4.78, 5) is 0. The summed E-state index contributed by atoms with van der Waals surface area (Å²) in [7, 11) is 0. The standard InChI is InChI=1S/C31H28O2/c1-5-21-17-25(19-27(29(21)32)23-13-9-7-10-14-23)31(3,4)26-18-22(6-2)30(33)28(20-26)24-15-11-8-12-16-24/h5-20,32-33H,1-2H2,3-4H3. The lowest BCUT2D eigenvalue weighted by molar-refractivity contribution is 0.474. The van der Waals surface area contributed by atoms with Crippen LogP contribution in [0, 0.1) is 0 Å². The Morgan fingerprint density at radius 1 is 0.606 bits per heavy atom. The number of aromatic hydroxyl groups is 2. The SMILES string of the molecule is C=Cc1cc(C(C)(C)c2cc(C=C)c(O)c(-c3ccccc3)c2)cc(-c2ccccc2)c1O. The van der Waals surface area contributed by atoms with Crippen molar-refractivity contribution in [1.29, 1.82) is 0 Å². The summed E-state index contributed by atoms with van der Waals surface area (Å²) in [6, 6.07) is 27.8. The van der Waals surface area contributed by atoms with Crippen molar-refractivity contribution in [3.8, 4) is 33.8 Å². The molecule has 0 saturated carbocycles. The largest absolute Gasteiger partial charge is 0.507 e. The zero-order chi connectivity index (χ0) is 23.6. The first-order valence-electron chi connectivity index (χ1n) is 11.0. The highest BCUT2D eigenvalue weighted by Gasteiger charge is 2.27. The van der Waals surface area contributed by atoms with Crippen molar-refractivity contribution in [2.24, 2.45) is 0 Å². The molecule has 4 aromatic rings. The van der Waals surface area contributed by atoms with Crippen LogP contribution in [0.2, 0.25) is 0 Å². The zero-order valence-electron chi connectivity index (χ0n) is 19.0. The molecular formula is C31H28O2. The van der Waals surface area contributed by atoms with E-state index in [1.165, 1.54) is 0 Å². The first-order chi connectivity index (χ1) is 15.9. The lowest BCUT2D eigenvalue weighted by Crippen LogP contribution is -2.19. The third-order valence-electron chi connectivity index (χ3n) is 6.33. The van der Waals surface area contributed by atoms with E-state index in [0.717, 1.165) is 33.4 Å². The summed E-state index contributed by atoms with van der Waals surface area (Å²) in [5.74, 6) is 0.441. The predicted octanol–water partition coefficient (Wildman–Crippen LogP) is 8.04. The fourth-order valence-corrected chi connectivity index (χ4v) is 4.19. The summed E-state index contributed by atoms with van der Waals surface area (Å²) < 4.78 is 0. The van der Waals surface area contributed by atoms with Crippen LogP contribution >= 0.6 is 0 Å². The van der Waals surface area contributed by atoms with Gasteiger partial charge in [-0.3, -0.25) is 0 Å². The van der Waals surface area contributed by atoms with Gasteiger partial charge in [0.15, 0.2) is 0 Å². The fourth-order valence-electron chi connectivity index (χ4n) is 4.19. The highest BCUT2D eigenvalue weighted by molar-refractivity contribution is 5.79. The molecular weight excluding hydrogens is 404 g/mol. The molecule has 0 bridgehead atoms. The minimum Gasteiger partial charge on any atom is -0.507 e. The van der Waals surface area contributed by atoms with Crippen LogP contribution in [0.1, 0.15) is 36.1 Å².